The third-order valence-corrected chi connectivity index (χ3v) is 4.34. The smallest absolute Gasteiger partial charge is 0.144 e. The molecule has 0 aliphatic heterocycles. The number of oxime groups is 1. The molecule has 1 aromatic heterocycles. The van der Waals surface area contributed by atoms with E-state index in [1.54, 1.807) is 6.26 Å². The van der Waals surface area contributed by atoms with Crippen LogP contribution in [0, 0.1) is 0 Å². The molecule has 0 unspecified atom stereocenters. The molecule has 5 nitrogen and oxygen atoms in total. The van der Waals surface area contributed by atoms with Gasteiger partial charge in [0.1, 0.15) is 24.2 Å². The zero-order chi connectivity index (χ0) is 17.8. The zero-order valence-corrected chi connectivity index (χ0v) is 14.3. The van der Waals surface area contributed by atoms with Crippen molar-refractivity contribution in [1.82, 2.24) is 5.32 Å². The highest BCUT2D eigenvalue weighted by Gasteiger charge is 2.24. The maximum absolute atomic E-state index is 10.1. The van der Waals surface area contributed by atoms with Gasteiger partial charge < -0.3 is 19.7 Å². The van der Waals surface area contributed by atoms with Gasteiger partial charge in [0.25, 0.3) is 0 Å². The van der Waals surface area contributed by atoms with E-state index >= 15 is 0 Å². The first-order valence-electron chi connectivity index (χ1n) is 8.63. The van der Waals surface area contributed by atoms with Crippen LogP contribution in [0.2, 0.25) is 0 Å². The fraction of sp³-hybridized carbons (Fsp3) is 0.190. The predicted octanol–water partition coefficient (Wildman–Crippen LogP) is 3.18. The first-order chi connectivity index (χ1) is 12.8. The summed E-state index contributed by atoms with van der Waals surface area (Å²) in [6.07, 6.45) is 0.977. The van der Waals surface area contributed by atoms with Gasteiger partial charge in [0.05, 0.1) is 12.8 Å². The van der Waals surface area contributed by atoms with Crippen LogP contribution in [0.25, 0.3) is 11.1 Å². The number of nitrogens with one attached hydrogen (secondary N) is 1. The summed E-state index contributed by atoms with van der Waals surface area (Å²) in [5.41, 5.74) is 5.24. The molecule has 0 amide bonds. The van der Waals surface area contributed by atoms with Crippen molar-refractivity contribution in [3.05, 3.63) is 83.8 Å². The van der Waals surface area contributed by atoms with Crippen LogP contribution in [0.5, 0.6) is 0 Å². The average Bonchev–Trinajstić information content (AvgIpc) is 3.29. The molecule has 2 aromatic carbocycles. The predicted molar refractivity (Wildman–Crippen MR) is 99.9 cm³/mol. The summed E-state index contributed by atoms with van der Waals surface area (Å²) in [6, 6.07) is 20.0. The molecule has 5 heteroatoms. The minimum Gasteiger partial charge on any atom is -0.468 e. The molecule has 2 N–H and O–H groups in total. The summed E-state index contributed by atoms with van der Waals surface area (Å²) in [6.45, 7) is 1.09. The summed E-state index contributed by atoms with van der Waals surface area (Å²) in [4.78, 5) is 5.46. The van der Waals surface area contributed by atoms with Crippen molar-refractivity contribution in [2.24, 2.45) is 5.16 Å². The van der Waals surface area contributed by atoms with Gasteiger partial charge in [-0.2, -0.15) is 0 Å². The van der Waals surface area contributed by atoms with Crippen LogP contribution in [0.1, 0.15) is 16.9 Å². The summed E-state index contributed by atoms with van der Waals surface area (Å²) in [7, 11) is 0. The zero-order valence-electron chi connectivity index (χ0n) is 14.3. The van der Waals surface area contributed by atoms with E-state index in [2.05, 4.69) is 22.6 Å². The third kappa shape index (κ3) is 3.40. The Balaban J connectivity index is 1.38. The van der Waals surface area contributed by atoms with E-state index in [0.29, 0.717) is 13.1 Å². The Morgan fingerprint density at radius 2 is 1.58 bits per heavy atom. The van der Waals surface area contributed by atoms with E-state index < -0.39 is 6.10 Å². The Morgan fingerprint density at radius 1 is 0.923 bits per heavy atom. The monoisotopic (exact) mass is 348 g/mol. The van der Waals surface area contributed by atoms with E-state index in [0.717, 1.165) is 33.7 Å². The lowest BCUT2D eigenvalue weighted by molar-refractivity contribution is 0.0402. The standard InChI is InChI=1S/C21H20N2O3/c24-15(12-22-13-16-6-5-11-25-16)14-26-23-21-19-9-3-1-7-17(19)18-8-2-4-10-20(18)21/h1-11,15,22,24H,12-14H2/t15-/m0/s1. The van der Waals surface area contributed by atoms with E-state index in [1.807, 2.05) is 48.5 Å². The number of nitrogens with zero attached hydrogens (tertiary/aromatic N) is 1. The van der Waals surface area contributed by atoms with Crippen molar-refractivity contribution in [3.63, 3.8) is 0 Å². The molecule has 0 radical (unpaired) electrons. The Morgan fingerprint density at radius 3 is 2.19 bits per heavy atom. The van der Waals surface area contributed by atoms with Crippen LogP contribution >= 0.6 is 0 Å². The Kier molecular flexibility index (Phi) is 4.82. The van der Waals surface area contributed by atoms with Gasteiger partial charge in [-0.25, -0.2) is 0 Å². The van der Waals surface area contributed by atoms with Crippen LogP contribution in [0.3, 0.4) is 0 Å². The topological polar surface area (TPSA) is 67.0 Å². The number of benzene rings is 2. The number of hydrogen-bond acceptors (Lipinski definition) is 5. The number of hydrogen-bond donors (Lipinski definition) is 2. The van der Waals surface area contributed by atoms with E-state index in [9.17, 15) is 5.11 Å². The Bertz CT molecular complexity index is 856. The number of fused-ring (bicyclic) bond motifs is 3. The minimum atomic E-state index is -0.652. The number of rotatable bonds is 7. The SMILES string of the molecule is O[C@@H](CNCc1ccco1)CON=C1c2ccccc2-c2ccccc21. The van der Waals surface area contributed by atoms with Crippen molar-refractivity contribution in [3.8, 4) is 11.1 Å². The quantitative estimate of drug-likeness (QED) is 0.504. The summed E-state index contributed by atoms with van der Waals surface area (Å²) in [5, 5.41) is 17.5. The van der Waals surface area contributed by atoms with Gasteiger partial charge in [0.2, 0.25) is 0 Å². The second kappa shape index (κ2) is 7.56. The van der Waals surface area contributed by atoms with Gasteiger partial charge in [-0.05, 0) is 23.3 Å². The molecule has 1 heterocycles. The molecule has 4 rings (SSSR count). The molecule has 0 saturated carbocycles. The van der Waals surface area contributed by atoms with Crippen LogP contribution in [0.4, 0.5) is 0 Å². The number of aliphatic hydroxyl groups is 1. The maximum atomic E-state index is 10.1. The lowest BCUT2D eigenvalue weighted by Gasteiger charge is -2.10. The largest absolute Gasteiger partial charge is 0.468 e. The molecule has 0 spiro atoms. The summed E-state index contributed by atoms with van der Waals surface area (Å²) >= 11 is 0. The van der Waals surface area contributed by atoms with E-state index in [4.69, 9.17) is 9.25 Å². The van der Waals surface area contributed by atoms with Gasteiger partial charge in [0.15, 0.2) is 0 Å². The highest BCUT2D eigenvalue weighted by atomic mass is 16.6. The third-order valence-electron chi connectivity index (χ3n) is 4.34. The maximum Gasteiger partial charge on any atom is 0.144 e. The summed E-state index contributed by atoms with van der Waals surface area (Å²) in [5.74, 6) is 0.831. The minimum absolute atomic E-state index is 0.124. The van der Waals surface area contributed by atoms with Crippen molar-refractivity contribution >= 4 is 5.71 Å². The highest BCUT2D eigenvalue weighted by Crippen LogP contribution is 2.36. The fourth-order valence-corrected chi connectivity index (χ4v) is 3.11. The molecule has 3 aromatic rings. The molecule has 132 valence electrons. The number of furan rings is 1. The first kappa shape index (κ1) is 16.6. The van der Waals surface area contributed by atoms with Gasteiger partial charge in [-0.1, -0.05) is 53.7 Å². The molecule has 1 aliphatic rings. The van der Waals surface area contributed by atoms with Gasteiger partial charge >= 0.3 is 0 Å². The van der Waals surface area contributed by atoms with Crippen molar-refractivity contribution in [2.75, 3.05) is 13.2 Å². The van der Waals surface area contributed by atoms with Crippen LogP contribution in [-0.4, -0.2) is 30.1 Å². The molecule has 1 aliphatic carbocycles. The summed E-state index contributed by atoms with van der Waals surface area (Å²) < 4.78 is 5.23. The molecule has 26 heavy (non-hydrogen) atoms. The van der Waals surface area contributed by atoms with Gasteiger partial charge in [-0.3, -0.25) is 0 Å². The molecular formula is C21H20N2O3. The van der Waals surface area contributed by atoms with E-state index in [1.165, 1.54) is 0 Å². The molecule has 0 fully saturated rings. The second-order valence-electron chi connectivity index (χ2n) is 6.19. The molecule has 0 bridgehead atoms. The van der Waals surface area contributed by atoms with Crippen LogP contribution < -0.4 is 5.32 Å². The van der Waals surface area contributed by atoms with E-state index in [-0.39, 0.29) is 6.61 Å². The normalized spacial score (nSPS) is 13.2. The lowest BCUT2D eigenvalue weighted by atomic mass is 10.1. The second-order valence-corrected chi connectivity index (χ2v) is 6.19. The highest BCUT2D eigenvalue weighted by molar-refractivity contribution is 6.24. The number of aliphatic hydroxyl groups excluding tert-OH is 1. The van der Waals surface area contributed by atoms with Gasteiger partial charge in [0, 0.05) is 17.7 Å². The Labute approximate surface area is 151 Å². The molecular weight excluding hydrogens is 328 g/mol. The van der Waals surface area contributed by atoms with Crippen molar-refractivity contribution < 1.29 is 14.4 Å². The molecule has 1 atom stereocenters. The lowest BCUT2D eigenvalue weighted by Crippen LogP contribution is -2.29. The first-order valence-corrected chi connectivity index (χ1v) is 8.63. The van der Waals surface area contributed by atoms with Crippen LogP contribution in [0.15, 0.2) is 76.5 Å². The van der Waals surface area contributed by atoms with Gasteiger partial charge in [-0.15, -0.1) is 0 Å². The van der Waals surface area contributed by atoms with Crippen molar-refractivity contribution in [1.29, 1.82) is 0 Å². The molecule has 0 saturated heterocycles. The van der Waals surface area contributed by atoms with Crippen molar-refractivity contribution in [2.45, 2.75) is 12.6 Å². The van der Waals surface area contributed by atoms with Crippen LogP contribution in [-0.2, 0) is 11.4 Å². The average molecular weight is 348 g/mol. The fourth-order valence-electron chi connectivity index (χ4n) is 3.11. The Hall–Kier alpha value is -2.89.